The normalized spacial score (nSPS) is 25.6. The highest BCUT2D eigenvalue weighted by Gasteiger charge is 2.40. The SMILES string of the molecule is CC1(C)CC(c2cc3c(cc2N2CCN(CC4CCOCC4)CC2)OCCO3)CC(C)(C)C1.Cl. The van der Waals surface area contributed by atoms with Crippen LogP contribution in [0.5, 0.6) is 11.5 Å². The molecule has 0 bridgehead atoms. The van der Waals surface area contributed by atoms with Crippen LogP contribution in [-0.4, -0.2) is 64.1 Å². The van der Waals surface area contributed by atoms with E-state index in [2.05, 4.69) is 49.6 Å². The van der Waals surface area contributed by atoms with Gasteiger partial charge in [0, 0.05) is 57.7 Å². The van der Waals surface area contributed by atoms with Crippen molar-refractivity contribution in [3.05, 3.63) is 17.7 Å². The first-order valence-electron chi connectivity index (χ1n) is 13.3. The van der Waals surface area contributed by atoms with E-state index in [0.717, 1.165) is 56.8 Å². The summed E-state index contributed by atoms with van der Waals surface area (Å²) < 4.78 is 17.6. The minimum Gasteiger partial charge on any atom is -0.486 e. The number of piperazine rings is 1. The van der Waals surface area contributed by atoms with E-state index in [4.69, 9.17) is 14.2 Å². The summed E-state index contributed by atoms with van der Waals surface area (Å²) >= 11 is 0. The van der Waals surface area contributed by atoms with E-state index >= 15 is 0 Å². The molecule has 0 radical (unpaired) electrons. The van der Waals surface area contributed by atoms with Gasteiger partial charge in [0.05, 0.1) is 0 Å². The molecule has 1 aromatic rings. The largest absolute Gasteiger partial charge is 0.486 e. The summed E-state index contributed by atoms with van der Waals surface area (Å²) in [6.07, 6.45) is 6.22. The Morgan fingerprint density at radius 3 is 2.03 bits per heavy atom. The van der Waals surface area contributed by atoms with Gasteiger partial charge in [-0.15, -0.1) is 12.4 Å². The fraction of sp³-hybridized carbons (Fsp3) is 0.786. The van der Waals surface area contributed by atoms with Crippen LogP contribution in [0.15, 0.2) is 12.1 Å². The fourth-order valence-corrected chi connectivity index (χ4v) is 7.23. The molecule has 3 fully saturated rings. The number of anilines is 1. The molecule has 0 N–H and O–H groups in total. The van der Waals surface area contributed by atoms with Crippen molar-refractivity contribution in [2.24, 2.45) is 16.7 Å². The third-order valence-electron chi connectivity index (χ3n) is 8.26. The molecule has 4 aliphatic rings. The molecule has 6 heteroatoms. The molecule has 3 heterocycles. The summed E-state index contributed by atoms with van der Waals surface area (Å²) in [6, 6.07) is 4.63. The van der Waals surface area contributed by atoms with Crippen LogP contribution < -0.4 is 14.4 Å². The van der Waals surface area contributed by atoms with Gasteiger partial charge in [-0.2, -0.15) is 0 Å². The maximum Gasteiger partial charge on any atom is 0.163 e. The van der Waals surface area contributed by atoms with E-state index in [1.54, 1.807) is 0 Å². The van der Waals surface area contributed by atoms with Gasteiger partial charge in [0.15, 0.2) is 11.5 Å². The summed E-state index contributed by atoms with van der Waals surface area (Å²) in [7, 11) is 0. The zero-order chi connectivity index (χ0) is 23.1. The predicted octanol–water partition coefficient (Wildman–Crippen LogP) is 5.75. The molecule has 34 heavy (non-hydrogen) atoms. The van der Waals surface area contributed by atoms with Crippen LogP contribution in [-0.2, 0) is 4.74 Å². The maximum absolute atomic E-state index is 6.04. The van der Waals surface area contributed by atoms with E-state index in [9.17, 15) is 0 Å². The van der Waals surface area contributed by atoms with E-state index < -0.39 is 0 Å². The number of rotatable bonds is 4. The van der Waals surface area contributed by atoms with Gasteiger partial charge in [-0.3, -0.25) is 4.90 Å². The number of ether oxygens (including phenoxy) is 3. The Bertz CT molecular complexity index is 813. The van der Waals surface area contributed by atoms with Crippen LogP contribution in [0.25, 0.3) is 0 Å². The molecule has 0 amide bonds. The van der Waals surface area contributed by atoms with Crippen LogP contribution >= 0.6 is 12.4 Å². The Balaban J connectivity index is 0.00000274. The van der Waals surface area contributed by atoms with Crippen molar-refractivity contribution in [1.82, 2.24) is 4.90 Å². The molecule has 0 atom stereocenters. The second-order valence-corrected chi connectivity index (χ2v) is 12.5. The highest BCUT2D eigenvalue weighted by Crippen LogP contribution is 2.54. The van der Waals surface area contributed by atoms with Gasteiger partial charge in [-0.05, 0) is 66.4 Å². The Morgan fingerprint density at radius 1 is 0.824 bits per heavy atom. The summed E-state index contributed by atoms with van der Waals surface area (Å²) in [5.74, 6) is 3.25. The Kier molecular flexibility index (Phi) is 7.96. The van der Waals surface area contributed by atoms with Gasteiger partial charge in [0.2, 0.25) is 0 Å². The first-order valence-corrected chi connectivity index (χ1v) is 13.3. The lowest BCUT2D eigenvalue weighted by molar-refractivity contribution is 0.0517. The van der Waals surface area contributed by atoms with Gasteiger partial charge in [-0.1, -0.05) is 27.7 Å². The number of hydrogen-bond acceptors (Lipinski definition) is 5. The highest BCUT2D eigenvalue weighted by atomic mass is 35.5. The Labute approximate surface area is 212 Å². The van der Waals surface area contributed by atoms with Crippen LogP contribution in [0.4, 0.5) is 5.69 Å². The Morgan fingerprint density at radius 2 is 1.41 bits per heavy atom. The average molecular weight is 493 g/mol. The smallest absolute Gasteiger partial charge is 0.163 e. The lowest BCUT2D eigenvalue weighted by atomic mass is 9.60. The molecular weight excluding hydrogens is 448 g/mol. The molecule has 192 valence electrons. The van der Waals surface area contributed by atoms with Crippen LogP contribution in [0.1, 0.15) is 71.3 Å². The summed E-state index contributed by atoms with van der Waals surface area (Å²) in [5.41, 5.74) is 3.60. The lowest BCUT2D eigenvalue weighted by Gasteiger charge is -2.46. The van der Waals surface area contributed by atoms with Crippen LogP contribution in [0, 0.1) is 16.7 Å². The third-order valence-corrected chi connectivity index (χ3v) is 8.26. The Hall–Kier alpha value is -1.17. The van der Waals surface area contributed by atoms with Gasteiger partial charge in [0.1, 0.15) is 13.2 Å². The molecule has 0 unspecified atom stereocenters. The summed E-state index contributed by atoms with van der Waals surface area (Å²) in [5, 5.41) is 0. The van der Waals surface area contributed by atoms with Crippen molar-refractivity contribution in [3.8, 4) is 11.5 Å². The number of benzene rings is 1. The predicted molar refractivity (Wildman–Crippen MR) is 141 cm³/mol. The zero-order valence-electron chi connectivity index (χ0n) is 21.7. The van der Waals surface area contributed by atoms with Crippen LogP contribution in [0.2, 0.25) is 0 Å². The van der Waals surface area contributed by atoms with Crippen LogP contribution in [0.3, 0.4) is 0 Å². The molecule has 0 aromatic heterocycles. The molecule has 5 nitrogen and oxygen atoms in total. The topological polar surface area (TPSA) is 34.2 Å². The standard InChI is InChI=1S/C28H44N2O3.ClH/c1-27(2)17-22(18-28(3,4)20-27)23-15-25-26(33-14-13-32-25)16-24(23)30-9-7-29(8-10-30)19-21-5-11-31-12-6-21;/h15-16,21-22H,5-14,17-20H2,1-4H3;1H. The van der Waals surface area contributed by atoms with Crippen molar-refractivity contribution >= 4 is 18.1 Å². The third kappa shape index (κ3) is 5.96. The van der Waals surface area contributed by atoms with Crippen molar-refractivity contribution in [2.75, 3.05) is 64.1 Å². The number of halogens is 1. The van der Waals surface area contributed by atoms with Crippen molar-refractivity contribution < 1.29 is 14.2 Å². The van der Waals surface area contributed by atoms with Gasteiger partial charge >= 0.3 is 0 Å². The van der Waals surface area contributed by atoms with Crippen molar-refractivity contribution in [3.63, 3.8) is 0 Å². The zero-order valence-corrected chi connectivity index (χ0v) is 22.6. The molecular formula is C28H45ClN2O3. The lowest BCUT2D eigenvalue weighted by Crippen LogP contribution is -2.48. The molecule has 5 rings (SSSR count). The van der Waals surface area contributed by atoms with E-state index in [1.807, 2.05) is 0 Å². The van der Waals surface area contributed by atoms with Gasteiger partial charge < -0.3 is 19.1 Å². The fourth-order valence-electron chi connectivity index (χ4n) is 7.23. The van der Waals surface area contributed by atoms with Gasteiger partial charge in [-0.25, -0.2) is 0 Å². The average Bonchev–Trinajstić information content (AvgIpc) is 2.77. The second-order valence-electron chi connectivity index (χ2n) is 12.5. The number of hydrogen-bond donors (Lipinski definition) is 0. The molecule has 1 saturated carbocycles. The monoisotopic (exact) mass is 492 g/mol. The van der Waals surface area contributed by atoms with E-state index in [1.165, 1.54) is 49.9 Å². The molecule has 2 saturated heterocycles. The minimum atomic E-state index is 0. The number of nitrogens with zero attached hydrogens (tertiary/aromatic N) is 2. The quantitative estimate of drug-likeness (QED) is 0.534. The summed E-state index contributed by atoms with van der Waals surface area (Å²) in [6.45, 7) is 18.7. The molecule has 1 aliphatic carbocycles. The number of fused-ring (bicyclic) bond motifs is 1. The van der Waals surface area contributed by atoms with Crippen molar-refractivity contribution in [2.45, 2.75) is 65.7 Å². The first kappa shape index (κ1) is 25.9. The highest BCUT2D eigenvalue weighted by molar-refractivity contribution is 5.85. The molecule has 1 aromatic carbocycles. The molecule has 3 aliphatic heterocycles. The molecule has 0 spiro atoms. The van der Waals surface area contributed by atoms with Crippen molar-refractivity contribution in [1.29, 1.82) is 0 Å². The van der Waals surface area contributed by atoms with E-state index in [0.29, 0.717) is 30.0 Å². The van der Waals surface area contributed by atoms with E-state index in [-0.39, 0.29) is 12.4 Å². The maximum atomic E-state index is 6.04. The minimum absolute atomic E-state index is 0. The summed E-state index contributed by atoms with van der Waals surface area (Å²) in [4.78, 5) is 5.31. The van der Waals surface area contributed by atoms with Gasteiger partial charge in [0.25, 0.3) is 0 Å². The second kappa shape index (κ2) is 10.4. The first-order chi connectivity index (χ1) is 15.8.